The van der Waals surface area contributed by atoms with Gasteiger partial charge >= 0.3 is 0 Å². The van der Waals surface area contributed by atoms with Crippen LogP contribution in [0.5, 0.6) is 0 Å². The average Bonchev–Trinajstić information content (AvgIpc) is 2.78. The molecule has 1 rings (SSSR count). The number of thioether (sulfide) groups is 1. The molecule has 0 aliphatic rings. The smallest absolute Gasteiger partial charge is 0.263 e. The molecule has 0 unspecified atom stereocenters. The second-order valence-electron chi connectivity index (χ2n) is 3.14. The fraction of sp³-hybridized carbons (Fsp3) is 0.500. The van der Waals surface area contributed by atoms with E-state index in [0.717, 1.165) is 16.5 Å². The lowest BCUT2D eigenvalue weighted by molar-refractivity contribution is 0.0958. The van der Waals surface area contributed by atoms with Crippen LogP contribution in [0.1, 0.15) is 36.4 Å². The molecule has 0 radical (unpaired) electrons. The van der Waals surface area contributed by atoms with Crippen molar-refractivity contribution in [3.63, 3.8) is 0 Å². The highest BCUT2D eigenvalue weighted by molar-refractivity contribution is 8.01. The summed E-state index contributed by atoms with van der Waals surface area (Å²) in [6, 6.07) is 0. The van der Waals surface area contributed by atoms with Crippen LogP contribution >= 0.6 is 23.1 Å². The van der Waals surface area contributed by atoms with Gasteiger partial charge in [0.25, 0.3) is 5.91 Å². The number of thiazole rings is 1. The summed E-state index contributed by atoms with van der Waals surface area (Å²) < 4.78 is 0.948. The molecular weight excluding hydrogens is 252 g/mol. The molecule has 0 bridgehead atoms. The molecule has 0 aliphatic carbocycles. The highest BCUT2D eigenvalue weighted by atomic mass is 32.2. The largest absolute Gasteiger partial charge is 0.350 e. The highest BCUT2D eigenvalue weighted by Crippen LogP contribution is 2.23. The van der Waals surface area contributed by atoms with Crippen LogP contribution in [0.3, 0.4) is 0 Å². The summed E-state index contributed by atoms with van der Waals surface area (Å²) in [4.78, 5) is 16.5. The lowest BCUT2D eigenvalue weighted by Gasteiger charge is -1.98. The van der Waals surface area contributed by atoms with Gasteiger partial charge in [-0.1, -0.05) is 25.6 Å². The first kappa shape index (κ1) is 14.1. The normalized spacial score (nSPS) is 9.53. The summed E-state index contributed by atoms with van der Waals surface area (Å²) in [6.45, 7) is 4.67. The molecule has 92 valence electrons. The standard InChI is InChI=1S/C12H16N2OS2/c1-3-5-6-7-8-13-11(15)10-9-14-12(17-10)16-4-2/h9H,3-4,7-8H2,1-2H3,(H,13,15). The van der Waals surface area contributed by atoms with Crippen LogP contribution in [-0.2, 0) is 0 Å². The third-order valence-electron chi connectivity index (χ3n) is 1.81. The van der Waals surface area contributed by atoms with E-state index in [1.807, 2.05) is 6.92 Å². The molecule has 0 fully saturated rings. The van der Waals surface area contributed by atoms with Crippen molar-refractivity contribution in [1.29, 1.82) is 0 Å². The fourth-order valence-electron chi connectivity index (χ4n) is 1.09. The fourth-order valence-corrected chi connectivity index (χ4v) is 2.89. The van der Waals surface area contributed by atoms with Gasteiger partial charge in [0.2, 0.25) is 0 Å². The maximum absolute atomic E-state index is 11.7. The lowest BCUT2D eigenvalue weighted by atomic mass is 10.4. The first-order valence-corrected chi connectivity index (χ1v) is 7.40. The predicted octanol–water partition coefficient (Wildman–Crippen LogP) is 2.79. The molecular formula is C12H16N2OS2. The van der Waals surface area contributed by atoms with Gasteiger partial charge in [0, 0.05) is 19.4 Å². The van der Waals surface area contributed by atoms with Gasteiger partial charge < -0.3 is 5.32 Å². The third kappa shape index (κ3) is 5.24. The van der Waals surface area contributed by atoms with E-state index in [4.69, 9.17) is 0 Å². The Morgan fingerprint density at radius 1 is 1.53 bits per heavy atom. The summed E-state index contributed by atoms with van der Waals surface area (Å²) >= 11 is 3.09. The van der Waals surface area contributed by atoms with Crippen molar-refractivity contribution in [2.45, 2.75) is 31.0 Å². The zero-order valence-corrected chi connectivity index (χ0v) is 11.7. The number of carbonyl (C=O) groups excluding carboxylic acids is 1. The molecule has 0 aliphatic heterocycles. The van der Waals surface area contributed by atoms with Crippen molar-refractivity contribution in [2.24, 2.45) is 0 Å². The van der Waals surface area contributed by atoms with Gasteiger partial charge in [-0.05, 0) is 5.75 Å². The molecule has 0 saturated carbocycles. The molecule has 0 saturated heterocycles. The van der Waals surface area contributed by atoms with Crippen LogP contribution in [0.4, 0.5) is 0 Å². The van der Waals surface area contributed by atoms with Gasteiger partial charge in [0.15, 0.2) is 4.34 Å². The molecule has 17 heavy (non-hydrogen) atoms. The van der Waals surface area contributed by atoms with E-state index in [1.54, 1.807) is 18.0 Å². The van der Waals surface area contributed by atoms with Crippen LogP contribution in [0.2, 0.25) is 0 Å². The Morgan fingerprint density at radius 3 is 3.06 bits per heavy atom. The monoisotopic (exact) mass is 268 g/mol. The summed E-state index contributed by atoms with van der Waals surface area (Å²) in [5, 5.41) is 2.83. The Kier molecular flexibility index (Phi) is 6.75. The van der Waals surface area contributed by atoms with E-state index >= 15 is 0 Å². The van der Waals surface area contributed by atoms with Crippen molar-refractivity contribution >= 4 is 29.0 Å². The van der Waals surface area contributed by atoms with Crippen molar-refractivity contribution < 1.29 is 4.79 Å². The van der Waals surface area contributed by atoms with E-state index in [9.17, 15) is 4.79 Å². The van der Waals surface area contributed by atoms with Crippen LogP contribution in [0, 0.1) is 11.8 Å². The van der Waals surface area contributed by atoms with Crippen molar-refractivity contribution in [1.82, 2.24) is 10.3 Å². The molecule has 5 heteroatoms. The summed E-state index contributed by atoms with van der Waals surface area (Å²) in [7, 11) is 0. The Hall–Kier alpha value is -0.990. The summed E-state index contributed by atoms with van der Waals surface area (Å²) in [5.41, 5.74) is 0. The van der Waals surface area contributed by atoms with Crippen molar-refractivity contribution in [2.75, 3.05) is 12.3 Å². The number of hydrogen-bond donors (Lipinski definition) is 1. The van der Waals surface area contributed by atoms with E-state index in [1.165, 1.54) is 11.3 Å². The first-order chi connectivity index (χ1) is 8.27. The molecule has 0 aromatic carbocycles. The van der Waals surface area contributed by atoms with Gasteiger partial charge in [-0.25, -0.2) is 4.98 Å². The Balaban J connectivity index is 2.36. The van der Waals surface area contributed by atoms with Gasteiger partial charge in [0.05, 0.1) is 6.20 Å². The Morgan fingerprint density at radius 2 is 2.35 bits per heavy atom. The molecule has 1 aromatic heterocycles. The number of nitrogens with one attached hydrogen (secondary N) is 1. The van der Waals surface area contributed by atoms with E-state index < -0.39 is 0 Å². The Labute approximate surface area is 110 Å². The number of amides is 1. The minimum absolute atomic E-state index is 0.0521. The number of aromatic nitrogens is 1. The van der Waals surface area contributed by atoms with Crippen LogP contribution in [0.25, 0.3) is 0 Å². The number of hydrogen-bond acceptors (Lipinski definition) is 4. The number of nitrogens with zero attached hydrogens (tertiary/aromatic N) is 1. The van der Waals surface area contributed by atoms with E-state index in [-0.39, 0.29) is 5.91 Å². The zero-order valence-electron chi connectivity index (χ0n) is 10.1. The van der Waals surface area contributed by atoms with Gasteiger partial charge in [-0.3, -0.25) is 4.79 Å². The van der Waals surface area contributed by atoms with Gasteiger partial charge in [0.1, 0.15) is 4.88 Å². The number of rotatable bonds is 5. The second kappa shape index (κ2) is 8.15. The minimum Gasteiger partial charge on any atom is -0.350 e. The van der Waals surface area contributed by atoms with Crippen LogP contribution in [0.15, 0.2) is 10.5 Å². The van der Waals surface area contributed by atoms with Crippen LogP contribution < -0.4 is 5.32 Å². The van der Waals surface area contributed by atoms with Gasteiger partial charge in [-0.15, -0.1) is 23.2 Å². The molecule has 1 aromatic rings. The zero-order chi connectivity index (χ0) is 12.5. The molecule has 0 atom stereocenters. The third-order valence-corrected chi connectivity index (χ3v) is 3.85. The van der Waals surface area contributed by atoms with E-state index in [0.29, 0.717) is 17.8 Å². The lowest BCUT2D eigenvalue weighted by Crippen LogP contribution is -2.23. The minimum atomic E-state index is -0.0521. The topological polar surface area (TPSA) is 42.0 Å². The maximum atomic E-state index is 11.7. The molecule has 1 heterocycles. The van der Waals surface area contributed by atoms with Crippen molar-refractivity contribution in [3.05, 3.63) is 11.1 Å². The first-order valence-electron chi connectivity index (χ1n) is 5.60. The number of carbonyl (C=O) groups is 1. The SMILES string of the molecule is CCC#CCCNC(=O)c1cnc(SCC)s1. The summed E-state index contributed by atoms with van der Waals surface area (Å²) in [5.74, 6) is 6.88. The maximum Gasteiger partial charge on any atom is 0.263 e. The highest BCUT2D eigenvalue weighted by Gasteiger charge is 2.09. The molecule has 0 spiro atoms. The molecule has 3 nitrogen and oxygen atoms in total. The van der Waals surface area contributed by atoms with E-state index in [2.05, 4.69) is 29.1 Å². The summed E-state index contributed by atoms with van der Waals surface area (Å²) in [6.07, 6.45) is 3.20. The van der Waals surface area contributed by atoms with Gasteiger partial charge in [-0.2, -0.15) is 0 Å². The second-order valence-corrected chi connectivity index (χ2v) is 5.68. The van der Waals surface area contributed by atoms with Crippen molar-refractivity contribution in [3.8, 4) is 11.8 Å². The average molecular weight is 268 g/mol. The predicted molar refractivity (Wildman–Crippen MR) is 73.5 cm³/mol. The molecule has 1 N–H and O–H groups in total. The van der Waals surface area contributed by atoms with Crippen LogP contribution in [-0.4, -0.2) is 23.2 Å². The molecule has 1 amide bonds. The quantitative estimate of drug-likeness (QED) is 0.507. The Bertz CT molecular complexity index is 418.